The maximum absolute atomic E-state index is 13.6. The molecule has 2 aromatic heterocycles. The first-order chi connectivity index (χ1) is 13.5. The van der Waals surface area contributed by atoms with Gasteiger partial charge in [-0.3, -0.25) is 14.2 Å². The summed E-state index contributed by atoms with van der Waals surface area (Å²) in [5.74, 6) is -1.25. The van der Waals surface area contributed by atoms with Crippen LogP contribution in [0.3, 0.4) is 0 Å². The molecule has 2 heterocycles. The van der Waals surface area contributed by atoms with Gasteiger partial charge in [-0.2, -0.15) is 0 Å². The van der Waals surface area contributed by atoms with Crippen LogP contribution >= 0.6 is 11.6 Å². The number of imidazole rings is 1. The molecule has 0 aliphatic heterocycles. The smallest absolute Gasteiger partial charge is 0.286 e. The van der Waals surface area contributed by atoms with E-state index in [-0.39, 0.29) is 16.9 Å². The minimum Gasteiger partial charge on any atom is -0.315 e. The molecule has 0 saturated carbocycles. The predicted octanol–water partition coefficient (Wildman–Crippen LogP) is 3.63. The summed E-state index contributed by atoms with van der Waals surface area (Å²) in [6.07, 6.45) is 1.50. The topological polar surface area (TPSA) is 69.8 Å². The van der Waals surface area contributed by atoms with Gasteiger partial charge in [0.15, 0.2) is 17.0 Å². The Morgan fingerprint density at radius 3 is 2.61 bits per heavy atom. The highest BCUT2D eigenvalue weighted by Crippen LogP contribution is 2.18. The molecular formula is C20H14ClFN4O2. The molecule has 28 heavy (non-hydrogen) atoms. The number of nitrogens with zero attached hydrogens (tertiary/aromatic N) is 4. The van der Waals surface area contributed by atoms with Crippen molar-refractivity contribution in [3.63, 3.8) is 0 Å². The number of hydrogen-bond acceptors (Lipinski definition) is 4. The molecule has 0 aliphatic rings. The first kappa shape index (κ1) is 18.1. The van der Waals surface area contributed by atoms with Crippen molar-refractivity contribution in [2.24, 2.45) is 0 Å². The van der Waals surface area contributed by atoms with Gasteiger partial charge in [-0.1, -0.05) is 23.7 Å². The molecule has 0 bridgehead atoms. The van der Waals surface area contributed by atoms with Gasteiger partial charge >= 0.3 is 0 Å². The highest BCUT2D eigenvalue weighted by Gasteiger charge is 2.22. The Bertz CT molecular complexity index is 1260. The Morgan fingerprint density at radius 1 is 1.18 bits per heavy atom. The molecule has 0 unspecified atom stereocenters. The number of carbonyl (C=O) groups is 1. The molecular weight excluding hydrogens is 383 g/mol. The molecule has 0 aliphatic carbocycles. The van der Waals surface area contributed by atoms with Crippen molar-refractivity contribution in [1.82, 2.24) is 19.1 Å². The predicted molar refractivity (Wildman–Crippen MR) is 104 cm³/mol. The van der Waals surface area contributed by atoms with Gasteiger partial charge in [0, 0.05) is 17.1 Å². The fourth-order valence-electron chi connectivity index (χ4n) is 2.97. The lowest BCUT2D eigenvalue weighted by Gasteiger charge is -2.12. The maximum atomic E-state index is 13.6. The van der Waals surface area contributed by atoms with Crippen LogP contribution in [-0.4, -0.2) is 24.9 Å². The van der Waals surface area contributed by atoms with Crippen molar-refractivity contribution < 1.29 is 9.18 Å². The van der Waals surface area contributed by atoms with Crippen molar-refractivity contribution in [1.29, 1.82) is 0 Å². The Balaban J connectivity index is 2.04. The van der Waals surface area contributed by atoms with Gasteiger partial charge in [-0.25, -0.2) is 14.4 Å². The summed E-state index contributed by atoms with van der Waals surface area (Å²) in [4.78, 5) is 34.9. The Morgan fingerprint density at radius 2 is 1.93 bits per heavy atom. The molecule has 0 radical (unpaired) electrons. The van der Waals surface area contributed by atoms with Crippen LogP contribution in [0.25, 0.3) is 16.9 Å². The number of aryl methyl sites for hydroxylation is 1. The quantitative estimate of drug-likeness (QED) is 0.494. The number of carbonyl (C=O) groups excluding carboxylic acids is 1. The molecule has 2 aromatic carbocycles. The van der Waals surface area contributed by atoms with E-state index in [0.717, 1.165) is 6.07 Å². The van der Waals surface area contributed by atoms with Crippen molar-refractivity contribution in [2.45, 2.75) is 13.5 Å². The third-order valence-electron chi connectivity index (χ3n) is 4.35. The molecule has 0 N–H and O–H groups in total. The fraction of sp³-hybridized carbons (Fsp3) is 0.100. The Kier molecular flexibility index (Phi) is 4.52. The van der Waals surface area contributed by atoms with Crippen LogP contribution in [0, 0.1) is 5.82 Å². The van der Waals surface area contributed by atoms with Crippen LogP contribution in [0.4, 0.5) is 4.39 Å². The first-order valence-corrected chi connectivity index (χ1v) is 8.91. The van der Waals surface area contributed by atoms with E-state index in [0.29, 0.717) is 22.9 Å². The molecule has 0 amide bonds. The van der Waals surface area contributed by atoms with Gasteiger partial charge in [0.25, 0.3) is 5.56 Å². The Labute approximate surface area is 163 Å². The summed E-state index contributed by atoms with van der Waals surface area (Å²) >= 11 is 5.94. The van der Waals surface area contributed by atoms with Gasteiger partial charge in [0.2, 0.25) is 5.78 Å². The molecule has 6 nitrogen and oxygen atoms in total. The van der Waals surface area contributed by atoms with E-state index in [1.54, 1.807) is 28.8 Å². The summed E-state index contributed by atoms with van der Waals surface area (Å²) < 4.78 is 16.5. The van der Waals surface area contributed by atoms with Crippen molar-refractivity contribution in [3.05, 3.63) is 87.4 Å². The lowest BCUT2D eigenvalue weighted by Crippen LogP contribution is -2.27. The summed E-state index contributed by atoms with van der Waals surface area (Å²) in [7, 11) is 0. The van der Waals surface area contributed by atoms with Crippen LogP contribution in [0.2, 0.25) is 5.02 Å². The highest BCUT2D eigenvalue weighted by atomic mass is 35.5. The van der Waals surface area contributed by atoms with Gasteiger partial charge in [0.05, 0.1) is 12.0 Å². The van der Waals surface area contributed by atoms with Crippen LogP contribution in [0.1, 0.15) is 23.1 Å². The lowest BCUT2D eigenvalue weighted by atomic mass is 10.1. The lowest BCUT2D eigenvalue weighted by molar-refractivity contribution is 0.102. The highest BCUT2D eigenvalue weighted by molar-refractivity contribution is 6.30. The fourth-order valence-corrected chi connectivity index (χ4v) is 3.09. The molecule has 8 heteroatoms. The molecule has 0 fully saturated rings. The van der Waals surface area contributed by atoms with Crippen LogP contribution in [0.15, 0.2) is 59.7 Å². The molecule has 4 rings (SSSR count). The third kappa shape index (κ3) is 2.99. The van der Waals surface area contributed by atoms with E-state index in [4.69, 9.17) is 11.6 Å². The second-order valence-electron chi connectivity index (χ2n) is 6.09. The zero-order valence-corrected chi connectivity index (χ0v) is 15.5. The summed E-state index contributed by atoms with van der Waals surface area (Å²) in [5, 5.41) is 0.485. The standard InChI is InChI=1S/C20H14ClFN4O2/c1-2-25-11-23-16-18(25)24-19(17(27)12-4-3-5-14(22)10-12)26(20(16)28)15-8-6-13(21)7-9-15/h3-11H,2H2,1H3. The van der Waals surface area contributed by atoms with Crippen molar-refractivity contribution in [2.75, 3.05) is 0 Å². The molecule has 0 atom stereocenters. The Hall–Kier alpha value is -3.32. The number of aromatic nitrogens is 4. The number of fused-ring (bicyclic) bond motifs is 1. The molecule has 0 spiro atoms. The summed E-state index contributed by atoms with van der Waals surface area (Å²) in [5.41, 5.74) is 0.468. The molecule has 4 aromatic rings. The minimum atomic E-state index is -0.572. The average Bonchev–Trinajstić information content (AvgIpc) is 3.11. The monoisotopic (exact) mass is 396 g/mol. The van der Waals surface area contributed by atoms with Crippen LogP contribution in [-0.2, 0) is 6.54 Å². The zero-order chi connectivity index (χ0) is 19.8. The van der Waals surface area contributed by atoms with Gasteiger partial charge < -0.3 is 4.57 Å². The van der Waals surface area contributed by atoms with Gasteiger partial charge in [-0.05, 0) is 43.3 Å². The largest absolute Gasteiger partial charge is 0.315 e. The minimum absolute atomic E-state index is 0.0940. The zero-order valence-electron chi connectivity index (χ0n) is 14.8. The van der Waals surface area contributed by atoms with Crippen molar-refractivity contribution >= 4 is 28.5 Å². The van der Waals surface area contributed by atoms with E-state index < -0.39 is 17.2 Å². The number of benzene rings is 2. The maximum Gasteiger partial charge on any atom is 0.286 e. The van der Waals surface area contributed by atoms with Gasteiger partial charge in [0.1, 0.15) is 5.82 Å². The van der Waals surface area contributed by atoms with E-state index >= 15 is 0 Å². The van der Waals surface area contributed by atoms with Gasteiger partial charge in [-0.15, -0.1) is 0 Å². The number of hydrogen-bond donors (Lipinski definition) is 0. The molecule has 0 saturated heterocycles. The van der Waals surface area contributed by atoms with Crippen molar-refractivity contribution in [3.8, 4) is 5.69 Å². The SMILES string of the molecule is CCn1cnc2c(=O)n(-c3ccc(Cl)cc3)c(C(=O)c3cccc(F)c3)nc21. The van der Waals surface area contributed by atoms with E-state index in [1.807, 2.05) is 6.92 Å². The van der Waals surface area contributed by atoms with E-state index in [9.17, 15) is 14.0 Å². The number of halogens is 2. The number of rotatable bonds is 4. The average molecular weight is 397 g/mol. The summed E-state index contributed by atoms with van der Waals surface area (Å²) in [6.45, 7) is 2.41. The van der Waals surface area contributed by atoms with E-state index in [2.05, 4.69) is 9.97 Å². The first-order valence-electron chi connectivity index (χ1n) is 8.53. The summed E-state index contributed by atoms with van der Waals surface area (Å²) in [6, 6.07) is 11.7. The van der Waals surface area contributed by atoms with E-state index in [1.165, 1.54) is 29.1 Å². The van der Waals surface area contributed by atoms with Crippen LogP contribution < -0.4 is 5.56 Å². The second-order valence-corrected chi connectivity index (χ2v) is 6.53. The third-order valence-corrected chi connectivity index (χ3v) is 4.61. The normalized spacial score (nSPS) is 11.1. The number of ketones is 1. The van der Waals surface area contributed by atoms with Crippen LogP contribution in [0.5, 0.6) is 0 Å². The second kappa shape index (κ2) is 7.01. The molecule has 140 valence electrons.